The molecule has 8 heteroatoms. The van der Waals surface area contributed by atoms with Gasteiger partial charge in [-0.05, 0) is 44.2 Å². The number of nitrogens with zero attached hydrogens (tertiary/aromatic N) is 7. The van der Waals surface area contributed by atoms with Gasteiger partial charge in [0.05, 0.1) is 41.5 Å². The third kappa shape index (κ3) is 5.44. The highest BCUT2D eigenvalue weighted by atomic mass is 15.4. The van der Waals surface area contributed by atoms with Gasteiger partial charge in [0.15, 0.2) is 0 Å². The molecule has 0 spiro atoms. The minimum Gasteiger partial charge on any atom is -0.352 e. The topological polar surface area (TPSA) is 105 Å². The highest BCUT2D eigenvalue weighted by molar-refractivity contribution is 5.68. The van der Waals surface area contributed by atoms with Crippen molar-refractivity contribution in [3.63, 3.8) is 0 Å². The monoisotopic (exact) mass is 452 g/mol. The van der Waals surface area contributed by atoms with Gasteiger partial charge < -0.3 is 5.32 Å². The van der Waals surface area contributed by atoms with E-state index < -0.39 is 0 Å². The average molecular weight is 453 g/mol. The maximum absolute atomic E-state index is 9.28. The van der Waals surface area contributed by atoms with E-state index in [1.165, 1.54) is 0 Å². The summed E-state index contributed by atoms with van der Waals surface area (Å²) in [6.07, 6.45) is 1.86. The second-order valence-corrected chi connectivity index (χ2v) is 9.52. The van der Waals surface area contributed by atoms with Crippen LogP contribution in [0.1, 0.15) is 51.6 Å². The molecule has 4 aromatic rings. The molecule has 0 fully saturated rings. The second-order valence-electron chi connectivity index (χ2n) is 9.52. The predicted octanol–water partition coefficient (Wildman–Crippen LogP) is 4.83. The first-order chi connectivity index (χ1) is 16.2. The Morgan fingerprint density at radius 2 is 1.74 bits per heavy atom. The molecule has 1 aromatic carbocycles. The van der Waals surface area contributed by atoms with Crippen molar-refractivity contribution in [3.8, 4) is 28.7 Å². The van der Waals surface area contributed by atoms with Gasteiger partial charge >= 0.3 is 0 Å². The van der Waals surface area contributed by atoms with Gasteiger partial charge in [0.1, 0.15) is 5.69 Å². The number of pyridine rings is 1. The Labute approximate surface area is 199 Å². The van der Waals surface area contributed by atoms with Crippen molar-refractivity contribution in [1.82, 2.24) is 29.9 Å². The van der Waals surface area contributed by atoms with Gasteiger partial charge in [0.25, 0.3) is 0 Å². The molecule has 0 aliphatic heterocycles. The third-order valence-corrected chi connectivity index (χ3v) is 5.13. The van der Waals surface area contributed by atoms with Crippen molar-refractivity contribution in [2.75, 3.05) is 5.32 Å². The van der Waals surface area contributed by atoms with Crippen molar-refractivity contribution < 1.29 is 0 Å². The smallest absolute Gasteiger partial charge is 0.224 e. The van der Waals surface area contributed by atoms with Crippen molar-refractivity contribution in [2.45, 2.75) is 52.6 Å². The molecule has 34 heavy (non-hydrogen) atoms. The molecule has 8 nitrogen and oxygen atoms in total. The Morgan fingerprint density at radius 3 is 2.47 bits per heavy atom. The Bertz CT molecular complexity index is 1340. The Morgan fingerprint density at radius 1 is 0.971 bits per heavy atom. The van der Waals surface area contributed by atoms with Gasteiger partial charge in [-0.2, -0.15) is 5.26 Å². The van der Waals surface area contributed by atoms with Crippen LogP contribution in [0.2, 0.25) is 0 Å². The quantitative estimate of drug-likeness (QED) is 0.446. The third-order valence-electron chi connectivity index (χ3n) is 5.13. The molecule has 0 amide bonds. The van der Waals surface area contributed by atoms with Crippen molar-refractivity contribution in [1.29, 1.82) is 5.26 Å². The van der Waals surface area contributed by atoms with E-state index in [2.05, 4.69) is 52.4 Å². The normalized spacial score (nSPS) is 11.4. The van der Waals surface area contributed by atoms with Gasteiger partial charge in [-0.3, -0.25) is 4.98 Å². The van der Waals surface area contributed by atoms with Gasteiger partial charge in [0, 0.05) is 22.7 Å². The van der Waals surface area contributed by atoms with E-state index in [1.807, 2.05) is 62.5 Å². The zero-order valence-electron chi connectivity index (χ0n) is 20.1. The molecular weight excluding hydrogens is 424 g/mol. The van der Waals surface area contributed by atoms with Crippen LogP contribution >= 0.6 is 0 Å². The number of hydrogen-bond donors (Lipinski definition) is 1. The number of rotatable bonds is 6. The summed E-state index contributed by atoms with van der Waals surface area (Å²) in [5, 5.41) is 21.2. The van der Waals surface area contributed by atoms with Crippen molar-refractivity contribution >= 4 is 5.95 Å². The number of benzene rings is 1. The average Bonchev–Trinajstić information content (AvgIpc) is 3.26. The number of anilines is 1. The second kappa shape index (κ2) is 9.40. The first-order valence-corrected chi connectivity index (χ1v) is 11.2. The van der Waals surface area contributed by atoms with E-state index in [0.29, 0.717) is 35.1 Å². The summed E-state index contributed by atoms with van der Waals surface area (Å²) in [6, 6.07) is 17.6. The zero-order chi connectivity index (χ0) is 24.3. The Kier molecular flexibility index (Phi) is 6.37. The molecule has 0 aliphatic rings. The highest BCUT2D eigenvalue weighted by Crippen LogP contribution is 2.25. The molecule has 1 N–H and O–H groups in total. The molecular formula is C26H28N8. The molecule has 0 aliphatic carbocycles. The van der Waals surface area contributed by atoms with Crippen LogP contribution in [0.15, 0.2) is 54.7 Å². The summed E-state index contributed by atoms with van der Waals surface area (Å²) in [4.78, 5) is 14.1. The van der Waals surface area contributed by atoms with E-state index in [1.54, 1.807) is 10.7 Å². The van der Waals surface area contributed by atoms with Crippen LogP contribution in [-0.4, -0.2) is 36.0 Å². The molecule has 172 valence electrons. The minimum absolute atomic E-state index is 0.0242. The minimum atomic E-state index is -0.0242. The van der Waals surface area contributed by atoms with E-state index >= 15 is 0 Å². The molecule has 3 aromatic heterocycles. The van der Waals surface area contributed by atoms with Crippen LogP contribution < -0.4 is 5.32 Å². The number of aromatic nitrogens is 6. The van der Waals surface area contributed by atoms with Crippen LogP contribution in [0.3, 0.4) is 0 Å². The summed E-state index contributed by atoms with van der Waals surface area (Å²) in [7, 11) is 0. The molecule has 4 rings (SSSR count). The fourth-order valence-corrected chi connectivity index (χ4v) is 3.44. The molecule has 0 atom stereocenters. The molecule has 0 bridgehead atoms. The fraction of sp³-hybridized carbons (Fsp3) is 0.308. The first kappa shape index (κ1) is 23.1. The van der Waals surface area contributed by atoms with E-state index in [9.17, 15) is 5.26 Å². The highest BCUT2D eigenvalue weighted by Gasteiger charge is 2.16. The number of hydrogen-bond acceptors (Lipinski definition) is 7. The van der Waals surface area contributed by atoms with Gasteiger partial charge in [-0.15, -0.1) is 5.10 Å². The van der Waals surface area contributed by atoms with Gasteiger partial charge in [-0.1, -0.05) is 44.2 Å². The number of nitrogens with one attached hydrogen (secondary N) is 1. The zero-order valence-corrected chi connectivity index (χ0v) is 20.1. The fourth-order valence-electron chi connectivity index (χ4n) is 3.44. The molecule has 3 heterocycles. The Hall–Kier alpha value is -4.12. The maximum Gasteiger partial charge on any atom is 0.224 e. The lowest BCUT2D eigenvalue weighted by Gasteiger charge is -2.18. The van der Waals surface area contributed by atoms with Gasteiger partial charge in [-0.25, -0.2) is 14.6 Å². The summed E-state index contributed by atoms with van der Waals surface area (Å²) in [6.45, 7) is 11.0. The summed E-state index contributed by atoms with van der Waals surface area (Å²) in [5.41, 5.74) is 5.34. The van der Waals surface area contributed by atoms with E-state index in [0.717, 1.165) is 17.0 Å². The molecule has 0 saturated carbocycles. The number of nitriles is 1. The van der Waals surface area contributed by atoms with Crippen LogP contribution in [0.25, 0.3) is 22.6 Å². The maximum atomic E-state index is 9.28. The summed E-state index contributed by atoms with van der Waals surface area (Å²) >= 11 is 0. The first-order valence-electron chi connectivity index (χ1n) is 11.2. The Balaban J connectivity index is 1.67. The summed E-state index contributed by atoms with van der Waals surface area (Å²) < 4.78 is 1.76. The standard InChI is InChI=1S/C26H28N8/c1-17(2)28-25-30-21(19-9-6-8-18(12-19)14-27)13-22(31-25)23-16-34(33-32-23)15-20-10-7-11-24(29-20)26(3,4)5/h6-13,16-17H,15H2,1-5H3,(H,28,30,31). The molecule has 0 unspecified atom stereocenters. The van der Waals surface area contributed by atoms with Crippen LogP contribution in [-0.2, 0) is 12.0 Å². The van der Waals surface area contributed by atoms with Gasteiger partial charge in [0.2, 0.25) is 5.95 Å². The lowest BCUT2D eigenvalue weighted by atomic mass is 9.91. The van der Waals surface area contributed by atoms with Crippen molar-refractivity contribution in [3.05, 3.63) is 71.7 Å². The van der Waals surface area contributed by atoms with E-state index in [-0.39, 0.29) is 11.5 Å². The van der Waals surface area contributed by atoms with Crippen LogP contribution in [0, 0.1) is 11.3 Å². The molecule has 0 radical (unpaired) electrons. The van der Waals surface area contributed by atoms with Crippen LogP contribution in [0.4, 0.5) is 5.95 Å². The molecule has 0 saturated heterocycles. The van der Waals surface area contributed by atoms with E-state index in [4.69, 9.17) is 4.98 Å². The summed E-state index contributed by atoms with van der Waals surface area (Å²) in [5.74, 6) is 0.499. The lowest BCUT2D eigenvalue weighted by molar-refractivity contribution is 0.559. The van der Waals surface area contributed by atoms with Crippen molar-refractivity contribution in [2.24, 2.45) is 0 Å². The SMILES string of the molecule is CC(C)Nc1nc(-c2cccc(C#N)c2)cc(-c2cn(Cc3cccc(C(C)(C)C)n3)nn2)n1. The van der Waals surface area contributed by atoms with Crippen LogP contribution in [0.5, 0.6) is 0 Å². The predicted molar refractivity (Wildman–Crippen MR) is 132 cm³/mol. The lowest BCUT2D eigenvalue weighted by Crippen LogP contribution is -2.15. The largest absolute Gasteiger partial charge is 0.352 e.